The molecule has 0 saturated carbocycles. The first-order valence-electron chi connectivity index (χ1n) is 7.16. The maximum atomic E-state index is 12.4. The zero-order chi connectivity index (χ0) is 16.4. The van der Waals surface area contributed by atoms with Gasteiger partial charge in [-0.2, -0.15) is 0 Å². The molecule has 2 aromatic rings. The fourth-order valence-electron chi connectivity index (χ4n) is 2.43. The molecule has 0 atom stereocenters. The minimum absolute atomic E-state index is 0.0155. The van der Waals surface area contributed by atoms with Crippen molar-refractivity contribution in [1.29, 1.82) is 0 Å². The van der Waals surface area contributed by atoms with Crippen LogP contribution in [0.2, 0.25) is 0 Å². The van der Waals surface area contributed by atoms with Crippen LogP contribution in [-0.4, -0.2) is 37.8 Å². The lowest BCUT2D eigenvalue weighted by Gasteiger charge is -2.18. The van der Waals surface area contributed by atoms with Gasteiger partial charge in [0, 0.05) is 11.1 Å². The van der Waals surface area contributed by atoms with Crippen molar-refractivity contribution in [2.24, 2.45) is 4.99 Å². The molecule has 0 saturated heterocycles. The van der Waals surface area contributed by atoms with E-state index in [1.165, 1.54) is 23.3 Å². The Labute approximate surface area is 138 Å². The third kappa shape index (κ3) is 3.03. The van der Waals surface area contributed by atoms with Gasteiger partial charge in [0.15, 0.2) is 0 Å². The zero-order valence-corrected chi connectivity index (χ0v) is 13.7. The number of aliphatic imine (C=N–C) groups is 1. The van der Waals surface area contributed by atoms with Crippen LogP contribution >= 0.6 is 11.3 Å². The molecule has 3 rings (SSSR count). The zero-order valence-electron chi connectivity index (χ0n) is 12.9. The van der Waals surface area contributed by atoms with Crippen molar-refractivity contribution in [2.75, 3.05) is 25.1 Å². The van der Waals surface area contributed by atoms with Crippen LogP contribution in [0.1, 0.15) is 16.7 Å². The van der Waals surface area contributed by atoms with Crippen LogP contribution in [0.15, 0.2) is 40.7 Å². The Morgan fingerprint density at radius 3 is 2.74 bits per heavy atom. The number of ether oxygens (including phenoxy) is 1. The van der Waals surface area contributed by atoms with Crippen LogP contribution in [0, 0.1) is 6.92 Å². The van der Waals surface area contributed by atoms with Crippen molar-refractivity contribution in [3.63, 3.8) is 0 Å². The van der Waals surface area contributed by atoms with Crippen molar-refractivity contribution in [1.82, 2.24) is 0 Å². The number of thiophene rings is 1. The van der Waals surface area contributed by atoms with Crippen LogP contribution in [0.5, 0.6) is 0 Å². The van der Waals surface area contributed by atoms with Crippen molar-refractivity contribution in [2.45, 2.75) is 6.92 Å². The number of hydrogen-bond donors (Lipinski definition) is 0. The predicted molar refractivity (Wildman–Crippen MR) is 90.4 cm³/mol. The summed E-state index contributed by atoms with van der Waals surface area (Å²) >= 11 is 1.42. The van der Waals surface area contributed by atoms with E-state index in [1.54, 1.807) is 0 Å². The molecule has 0 aliphatic carbocycles. The summed E-state index contributed by atoms with van der Waals surface area (Å²) in [5, 5.41) is 2.63. The molecule has 118 valence electrons. The molecule has 0 bridgehead atoms. The Morgan fingerprint density at radius 2 is 2.04 bits per heavy atom. The van der Waals surface area contributed by atoms with Gasteiger partial charge >= 0.3 is 5.97 Å². The van der Waals surface area contributed by atoms with Crippen LogP contribution < -0.4 is 4.90 Å². The third-order valence-corrected chi connectivity index (χ3v) is 4.59. The van der Waals surface area contributed by atoms with Crippen molar-refractivity contribution < 1.29 is 14.3 Å². The van der Waals surface area contributed by atoms with Crippen LogP contribution in [0.3, 0.4) is 0 Å². The summed E-state index contributed by atoms with van der Waals surface area (Å²) in [6, 6.07) is 9.96. The number of methoxy groups -OCH3 is 1. The highest BCUT2D eigenvalue weighted by atomic mass is 32.1. The van der Waals surface area contributed by atoms with Gasteiger partial charge in [0.1, 0.15) is 18.1 Å². The number of esters is 1. The fraction of sp³-hybridized carbons (Fsp3) is 0.235. The number of nitrogens with zero attached hydrogens (tertiary/aromatic N) is 2. The molecule has 0 spiro atoms. The number of aryl methyl sites for hydroxylation is 1. The van der Waals surface area contributed by atoms with Crippen LogP contribution in [0.4, 0.5) is 5.00 Å². The number of rotatable bonds is 3. The first-order valence-corrected chi connectivity index (χ1v) is 8.04. The van der Waals surface area contributed by atoms with Crippen molar-refractivity contribution in [3.8, 4) is 0 Å². The van der Waals surface area contributed by atoms with Crippen molar-refractivity contribution in [3.05, 3.63) is 52.4 Å². The van der Waals surface area contributed by atoms with Gasteiger partial charge in [0.2, 0.25) is 5.91 Å². The second-order valence-electron chi connectivity index (χ2n) is 5.23. The lowest BCUT2D eigenvalue weighted by Crippen LogP contribution is -2.36. The number of fused-ring (bicyclic) bond motifs is 1. The van der Waals surface area contributed by atoms with Gasteiger partial charge in [0.05, 0.1) is 12.8 Å². The van der Waals surface area contributed by atoms with E-state index in [1.807, 2.05) is 42.6 Å². The highest BCUT2D eigenvalue weighted by molar-refractivity contribution is 7.15. The first-order chi connectivity index (χ1) is 11.1. The smallest absolute Gasteiger partial charge is 0.325 e. The summed E-state index contributed by atoms with van der Waals surface area (Å²) in [5.74, 6) is -0.655. The summed E-state index contributed by atoms with van der Waals surface area (Å²) in [6.07, 6.45) is 0. The molecule has 6 heteroatoms. The molecule has 5 nitrogen and oxygen atoms in total. The number of carbonyl (C=O) groups is 2. The molecule has 0 radical (unpaired) electrons. The lowest BCUT2D eigenvalue weighted by molar-refractivity contribution is -0.139. The van der Waals surface area contributed by atoms with E-state index in [2.05, 4.69) is 4.99 Å². The SMILES string of the molecule is COC(=O)CN1C(=O)CN=C(c2ccc(C)cc2)c2ccsc21. The van der Waals surface area contributed by atoms with E-state index < -0.39 is 5.97 Å². The average Bonchev–Trinajstić information content (AvgIpc) is 2.98. The largest absolute Gasteiger partial charge is 0.468 e. The molecule has 23 heavy (non-hydrogen) atoms. The Bertz CT molecular complexity index is 777. The molecule has 0 unspecified atom stereocenters. The maximum Gasteiger partial charge on any atom is 0.325 e. The highest BCUT2D eigenvalue weighted by Gasteiger charge is 2.28. The minimum atomic E-state index is -0.448. The molecule has 1 aliphatic heterocycles. The van der Waals surface area contributed by atoms with E-state index in [4.69, 9.17) is 4.74 Å². The van der Waals surface area contributed by atoms with Gasteiger partial charge in [-0.3, -0.25) is 19.5 Å². The summed E-state index contributed by atoms with van der Waals surface area (Å²) in [5.41, 5.74) is 3.77. The molecule has 1 amide bonds. The van der Waals surface area contributed by atoms with E-state index in [9.17, 15) is 9.59 Å². The third-order valence-electron chi connectivity index (χ3n) is 3.66. The normalized spacial score (nSPS) is 14.1. The van der Waals surface area contributed by atoms with E-state index >= 15 is 0 Å². The fourth-order valence-corrected chi connectivity index (χ4v) is 3.35. The highest BCUT2D eigenvalue weighted by Crippen LogP contribution is 2.32. The second kappa shape index (κ2) is 6.34. The van der Waals surface area contributed by atoms with Gasteiger partial charge < -0.3 is 4.74 Å². The van der Waals surface area contributed by atoms with Gasteiger partial charge in [-0.25, -0.2) is 0 Å². The number of hydrogen-bond acceptors (Lipinski definition) is 5. The van der Waals surface area contributed by atoms with Gasteiger partial charge in [-0.15, -0.1) is 11.3 Å². The van der Waals surface area contributed by atoms with Gasteiger partial charge in [-0.1, -0.05) is 29.8 Å². The standard InChI is InChI=1S/C17H16N2O3S/c1-11-3-5-12(6-4-11)16-13-7-8-23-17(13)19(10-15(21)22-2)14(20)9-18-16/h3-8H,9-10H2,1-2H3. The predicted octanol–water partition coefficient (Wildman–Crippen LogP) is 2.41. The number of anilines is 1. The number of carbonyl (C=O) groups excluding carboxylic acids is 2. The molecule has 1 aromatic heterocycles. The van der Waals surface area contributed by atoms with E-state index in [0.717, 1.165) is 27.4 Å². The molecule has 1 aromatic carbocycles. The van der Waals surface area contributed by atoms with Gasteiger partial charge in [-0.05, 0) is 18.4 Å². The minimum Gasteiger partial charge on any atom is -0.468 e. The quantitative estimate of drug-likeness (QED) is 0.813. The Morgan fingerprint density at radius 1 is 1.30 bits per heavy atom. The first kappa shape index (κ1) is 15.4. The van der Waals surface area contributed by atoms with Gasteiger partial charge in [0.25, 0.3) is 0 Å². The molecule has 1 aliphatic rings. The molecule has 0 fully saturated rings. The number of benzene rings is 1. The Kier molecular flexibility index (Phi) is 4.25. The summed E-state index contributed by atoms with van der Waals surface area (Å²) < 4.78 is 4.69. The molecular formula is C17H16N2O3S. The Balaban J connectivity index is 2.03. The van der Waals surface area contributed by atoms with Crippen molar-refractivity contribution >= 4 is 33.9 Å². The van der Waals surface area contributed by atoms with E-state index in [-0.39, 0.29) is 19.0 Å². The summed E-state index contributed by atoms with van der Waals surface area (Å²) in [6.45, 7) is 1.94. The van der Waals surface area contributed by atoms with Crippen LogP contribution in [0.25, 0.3) is 0 Å². The monoisotopic (exact) mass is 328 g/mol. The molecule has 0 N–H and O–H groups in total. The molecule has 2 heterocycles. The summed E-state index contributed by atoms with van der Waals surface area (Å²) in [4.78, 5) is 29.9. The molecular weight excluding hydrogens is 312 g/mol. The maximum absolute atomic E-state index is 12.4. The lowest BCUT2D eigenvalue weighted by atomic mass is 10.0. The van der Waals surface area contributed by atoms with Crippen LogP contribution in [-0.2, 0) is 14.3 Å². The van der Waals surface area contributed by atoms with E-state index in [0.29, 0.717) is 0 Å². The summed E-state index contributed by atoms with van der Waals surface area (Å²) in [7, 11) is 1.31. The topological polar surface area (TPSA) is 59.0 Å². The average molecular weight is 328 g/mol. The second-order valence-corrected chi connectivity index (χ2v) is 6.12. The number of amides is 1. The Hall–Kier alpha value is -2.47.